The standard InChI is InChI=1S/C26H26N2O5/c1-3-32-23-12-8-7-11-22(23)28-25(30)18(2)33-24(29)17-27-26(31)21-15-13-20(14-16-21)19-9-5-4-6-10-19/h4-16,18H,3,17H2,1-2H3,(H,27,31)(H,28,30). The number of hydrogen-bond donors (Lipinski definition) is 2. The number of hydrogen-bond acceptors (Lipinski definition) is 5. The van der Waals surface area contributed by atoms with Crippen LogP contribution < -0.4 is 15.4 Å². The van der Waals surface area contributed by atoms with E-state index in [2.05, 4.69) is 10.6 Å². The van der Waals surface area contributed by atoms with Gasteiger partial charge >= 0.3 is 5.97 Å². The fraction of sp³-hybridized carbons (Fsp3) is 0.192. The van der Waals surface area contributed by atoms with Crippen LogP contribution in [0.4, 0.5) is 5.69 Å². The van der Waals surface area contributed by atoms with Gasteiger partial charge in [-0.15, -0.1) is 0 Å². The Morgan fingerprint density at radius 1 is 0.848 bits per heavy atom. The number of ether oxygens (including phenoxy) is 2. The maximum atomic E-state index is 12.4. The molecule has 0 heterocycles. The molecule has 33 heavy (non-hydrogen) atoms. The lowest BCUT2D eigenvalue weighted by atomic mass is 10.0. The second kappa shape index (κ2) is 11.5. The van der Waals surface area contributed by atoms with Crippen LogP contribution in [-0.2, 0) is 14.3 Å². The smallest absolute Gasteiger partial charge is 0.326 e. The van der Waals surface area contributed by atoms with E-state index in [1.165, 1.54) is 6.92 Å². The Hall–Kier alpha value is -4.13. The maximum Gasteiger partial charge on any atom is 0.326 e. The van der Waals surface area contributed by atoms with Gasteiger partial charge in [-0.3, -0.25) is 14.4 Å². The van der Waals surface area contributed by atoms with Crippen molar-refractivity contribution >= 4 is 23.5 Å². The van der Waals surface area contributed by atoms with Crippen molar-refractivity contribution in [2.45, 2.75) is 20.0 Å². The molecule has 3 aromatic rings. The summed E-state index contributed by atoms with van der Waals surface area (Å²) in [6, 6.07) is 23.8. The molecule has 0 radical (unpaired) electrons. The number of nitrogens with one attached hydrogen (secondary N) is 2. The van der Waals surface area contributed by atoms with Crippen LogP contribution >= 0.6 is 0 Å². The molecule has 170 valence electrons. The highest BCUT2D eigenvalue weighted by Gasteiger charge is 2.19. The van der Waals surface area contributed by atoms with Crippen molar-refractivity contribution in [1.29, 1.82) is 0 Å². The summed E-state index contributed by atoms with van der Waals surface area (Å²) in [5.41, 5.74) is 2.93. The fourth-order valence-electron chi connectivity index (χ4n) is 3.08. The summed E-state index contributed by atoms with van der Waals surface area (Å²) in [6.07, 6.45) is -1.05. The van der Waals surface area contributed by atoms with E-state index < -0.39 is 23.9 Å². The monoisotopic (exact) mass is 446 g/mol. The van der Waals surface area contributed by atoms with E-state index in [4.69, 9.17) is 9.47 Å². The van der Waals surface area contributed by atoms with Crippen molar-refractivity contribution in [1.82, 2.24) is 5.32 Å². The van der Waals surface area contributed by atoms with Crippen LogP contribution in [-0.4, -0.2) is 37.0 Å². The number of carbonyl (C=O) groups is 3. The molecule has 7 nitrogen and oxygen atoms in total. The molecular formula is C26H26N2O5. The van der Waals surface area contributed by atoms with Gasteiger partial charge in [-0.1, -0.05) is 54.6 Å². The lowest BCUT2D eigenvalue weighted by molar-refractivity contribution is -0.152. The molecule has 1 atom stereocenters. The van der Waals surface area contributed by atoms with Crippen LogP contribution in [0, 0.1) is 0 Å². The summed E-state index contributed by atoms with van der Waals surface area (Å²) in [5.74, 6) is -1.10. The molecule has 1 unspecified atom stereocenters. The van der Waals surface area contributed by atoms with Gasteiger partial charge in [-0.05, 0) is 49.2 Å². The Morgan fingerprint density at radius 3 is 2.18 bits per heavy atom. The van der Waals surface area contributed by atoms with Gasteiger partial charge in [0.15, 0.2) is 6.10 Å². The number of amides is 2. The SMILES string of the molecule is CCOc1ccccc1NC(=O)C(C)OC(=O)CNC(=O)c1ccc(-c2ccccc2)cc1. The van der Waals surface area contributed by atoms with Crippen molar-refractivity contribution in [2.75, 3.05) is 18.5 Å². The quantitative estimate of drug-likeness (QED) is 0.484. The zero-order valence-corrected chi connectivity index (χ0v) is 18.5. The average Bonchev–Trinajstić information content (AvgIpc) is 2.84. The van der Waals surface area contributed by atoms with Gasteiger partial charge < -0.3 is 20.1 Å². The van der Waals surface area contributed by atoms with E-state index in [0.29, 0.717) is 23.6 Å². The highest BCUT2D eigenvalue weighted by Crippen LogP contribution is 2.24. The van der Waals surface area contributed by atoms with Gasteiger partial charge in [-0.2, -0.15) is 0 Å². The molecule has 2 amide bonds. The van der Waals surface area contributed by atoms with E-state index in [1.54, 1.807) is 36.4 Å². The minimum atomic E-state index is -1.05. The normalized spacial score (nSPS) is 11.2. The van der Waals surface area contributed by atoms with Crippen molar-refractivity contribution < 1.29 is 23.9 Å². The highest BCUT2D eigenvalue weighted by molar-refractivity contribution is 5.98. The molecule has 2 N–H and O–H groups in total. The molecule has 0 saturated heterocycles. The summed E-state index contributed by atoms with van der Waals surface area (Å²) in [5, 5.41) is 5.19. The van der Waals surface area contributed by atoms with E-state index >= 15 is 0 Å². The predicted octanol–water partition coefficient (Wildman–Crippen LogP) is 4.05. The summed E-state index contributed by atoms with van der Waals surface area (Å²) < 4.78 is 10.6. The van der Waals surface area contributed by atoms with Crippen molar-refractivity contribution in [2.24, 2.45) is 0 Å². The third kappa shape index (κ3) is 6.67. The van der Waals surface area contributed by atoms with E-state index in [-0.39, 0.29) is 6.54 Å². The third-order valence-electron chi connectivity index (χ3n) is 4.77. The Morgan fingerprint density at radius 2 is 1.48 bits per heavy atom. The second-order valence-electron chi connectivity index (χ2n) is 7.18. The van der Waals surface area contributed by atoms with E-state index in [1.807, 2.05) is 49.4 Å². The van der Waals surface area contributed by atoms with Gasteiger partial charge in [0, 0.05) is 5.56 Å². The van der Waals surface area contributed by atoms with Crippen LogP contribution in [0.3, 0.4) is 0 Å². The average molecular weight is 447 g/mol. The van der Waals surface area contributed by atoms with Crippen molar-refractivity contribution in [3.05, 3.63) is 84.4 Å². The van der Waals surface area contributed by atoms with Crippen LogP contribution in [0.25, 0.3) is 11.1 Å². The minimum Gasteiger partial charge on any atom is -0.492 e. The highest BCUT2D eigenvalue weighted by atomic mass is 16.5. The van der Waals surface area contributed by atoms with E-state index in [0.717, 1.165) is 11.1 Å². The Bertz CT molecular complexity index is 1100. The van der Waals surface area contributed by atoms with Crippen molar-refractivity contribution in [3.63, 3.8) is 0 Å². The van der Waals surface area contributed by atoms with Gasteiger partial charge in [0.25, 0.3) is 11.8 Å². The first kappa shape index (κ1) is 23.5. The molecule has 0 spiro atoms. The molecule has 0 aliphatic rings. The molecule has 0 aromatic heterocycles. The lowest BCUT2D eigenvalue weighted by Gasteiger charge is -2.16. The Labute approximate surface area is 192 Å². The molecule has 7 heteroatoms. The maximum absolute atomic E-state index is 12.4. The van der Waals surface area contributed by atoms with Gasteiger partial charge in [0.1, 0.15) is 12.3 Å². The topological polar surface area (TPSA) is 93.7 Å². The molecule has 0 saturated carbocycles. The van der Waals surface area contributed by atoms with E-state index in [9.17, 15) is 14.4 Å². The number of esters is 1. The molecule has 0 bridgehead atoms. The lowest BCUT2D eigenvalue weighted by Crippen LogP contribution is -2.35. The fourth-order valence-corrected chi connectivity index (χ4v) is 3.08. The molecule has 0 fully saturated rings. The molecule has 0 aliphatic carbocycles. The predicted molar refractivity (Wildman–Crippen MR) is 126 cm³/mol. The summed E-state index contributed by atoms with van der Waals surface area (Å²) >= 11 is 0. The largest absolute Gasteiger partial charge is 0.492 e. The third-order valence-corrected chi connectivity index (χ3v) is 4.77. The molecule has 3 aromatic carbocycles. The first-order chi connectivity index (χ1) is 16.0. The van der Waals surface area contributed by atoms with Crippen LogP contribution in [0.5, 0.6) is 5.75 Å². The zero-order valence-electron chi connectivity index (χ0n) is 18.5. The summed E-state index contributed by atoms with van der Waals surface area (Å²) in [6.45, 7) is 3.40. The first-order valence-electron chi connectivity index (χ1n) is 10.6. The number of para-hydroxylation sites is 2. The Balaban J connectivity index is 1.48. The van der Waals surface area contributed by atoms with Crippen LogP contribution in [0.15, 0.2) is 78.9 Å². The Kier molecular flexibility index (Phi) is 8.18. The molecular weight excluding hydrogens is 420 g/mol. The number of anilines is 1. The molecule has 0 aliphatic heterocycles. The zero-order chi connectivity index (χ0) is 23.6. The molecule has 3 rings (SSSR count). The van der Waals surface area contributed by atoms with Gasteiger partial charge in [0.2, 0.25) is 0 Å². The van der Waals surface area contributed by atoms with Crippen LogP contribution in [0.2, 0.25) is 0 Å². The second-order valence-corrected chi connectivity index (χ2v) is 7.18. The van der Waals surface area contributed by atoms with Gasteiger partial charge in [0.05, 0.1) is 12.3 Å². The van der Waals surface area contributed by atoms with Crippen LogP contribution in [0.1, 0.15) is 24.2 Å². The van der Waals surface area contributed by atoms with Crippen molar-refractivity contribution in [3.8, 4) is 16.9 Å². The number of benzene rings is 3. The summed E-state index contributed by atoms with van der Waals surface area (Å²) in [7, 11) is 0. The number of carbonyl (C=O) groups excluding carboxylic acids is 3. The first-order valence-corrected chi connectivity index (χ1v) is 10.6. The minimum absolute atomic E-state index is 0.355. The summed E-state index contributed by atoms with van der Waals surface area (Å²) in [4.78, 5) is 36.8. The number of rotatable bonds is 9. The van der Waals surface area contributed by atoms with Gasteiger partial charge in [-0.25, -0.2) is 0 Å².